The zero-order valence-corrected chi connectivity index (χ0v) is 11.9. The van der Waals surface area contributed by atoms with E-state index in [1.807, 2.05) is 4.90 Å². The van der Waals surface area contributed by atoms with Crippen LogP contribution < -0.4 is 16.0 Å². The highest BCUT2D eigenvalue weighted by Gasteiger charge is 2.17. The second kappa shape index (κ2) is 5.69. The Morgan fingerprint density at radius 1 is 1.19 bits per heavy atom. The molecule has 3 rings (SSSR count). The van der Waals surface area contributed by atoms with E-state index >= 15 is 0 Å². The first-order valence-corrected chi connectivity index (χ1v) is 6.99. The normalized spacial score (nSPS) is 14.5. The zero-order valence-electron chi connectivity index (χ0n) is 11.2. The predicted molar refractivity (Wildman–Crippen MR) is 80.4 cm³/mol. The topological polar surface area (TPSA) is 80.0 Å². The molecule has 1 aliphatic rings. The SMILES string of the molecule is Nc1nc(Nc2cccc(Cl)c2F)nc(N2CCCC2)n1. The number of anilines is 4. The minimum Gasteiger partial charge on any atom is -0.368 e. The molecule has 0 radical (unpaired) electrons. The first-order valence-electron chi connectivity index (χ1n) is 6.61. The Kier molecular flexibility index (Phi) is 3.74. The number of hydrogen-bond acceptors (Lipinski definition) is 6. The van der Waals surface area contributed by atoms with Crippen LogP contribution in [-0.4, -0.2) is 28.0 Å². The van der Waals surface area contributed by atoms with E-state index in [1.54, 1.807) is 12.1 Å². The predicted octanol–water partition coefficient (Wildman–Crippen LogP) is 2.59. The molecule has 110 valence electrons. The van der Waals surface area contributed by atoms with Gasteiger partial charge >= 0.3 is 0 Å². The maximum atomic E-state index is 13.9. The fourth-order valence-corrected chi connectivity index (χ4v) is 2.39. The number of halogens is 2. The number of hydrogen-bond donors (Lipinski definition) is 2. The summed E-state index contributed by atoms with van der Waals surface area (Å²) in [5.41, 5.74) is 5.89. The molecule has 2 heterocycles. The lowest BCUT2D eigenvalue weighted by Gasteiger charge is -2.16. The number of nitrogens with zero attached hydrogens (tertiary/aromatic N) is 4. The van der Waals surface area contributed by atoms with Crippen molar-refractivity contribution in [3.8, 4) is 0 Å². The number of nitrogens with one attached hydrogen (secondary N) is 1. The first kappa shape index (κ1) is 13.8. The Balaban J connectivity index is 1.89. The third kappa shape index (κ3) is 2.97. The Labute approximate surface area is 126 Å². The molecule has 1 aromatic carbocycles. The third-order valence-electron chi connectivity index (χ3n) is 3.23. The van der Waals surface area contributed by atoms with E-state index in [2.05, 4.69) is 20.3 Å². The molecular formula is C13H14ClFN6. The standard InChI is InChI=1S/C13H14ClFN6/c14-8-4-3-5-9(10(8)15)17-12-18-11(16)19-13(20-12)21-6-1-2-7-21/h3-5H,1-2,6-7H2,(H3,16,17,18,19,20). The Hall–Kier alpha value is -2.15. The number of rotatable bonds is 3. The van der Waals surface area contributed by atoms with Crippen LogP contribution in [0.15, 0.2) is 18.2 Å². The molecule has 0 bridgehead atoms. The summed E-state index contributed by atoms with van der Waals surface area (Å²) in [7, 11) is 0. The highest BCUT2D eigenvalue weighted by molar-refractivity contribution is 6.31. The molecule has 2 aromatic rings. The van der Waals surface area contributed by atoms with Gasteiger partial charge in [-0.2, -0.15) is 15.0 Å². The van der Waals surface area contributed by atoms with Gasteiger partial charge in [0.2, 0.25) is 17.8 Å². The van der Waals surface area contributed by atoms with Crippen LogP contribution in [0, 0.1) is 5.82 Å². The van der Waals surface area contributed by atoms with Crippen molar-refractivity contribution >= 4 is 35.1 Å². The van der Waals surface area contributed by atoms with Crippen molar-refractivity contribution in [1.82, 2.24) is 15.0 Å². The van der Waals surface area contributed by atoms with Crippen LogP contribution in [-0.2, 0) is 0 Å². The number of nitrogens with two attached hydrogens (primary N) is 1. The van der Waals surface area contributed by atoms with Crippen molar-refractivity contribution in [1.29, 1.82) is 0 Å². The van der Waals surface area contributed by atoms with Gasteiger partial charge in [0.05, 0.1) is 10.7 Å². The van der Waals surface area contributed by atoms with Crippen LogP contribution in [0.3, 0.4) is 0 Å². The van der Waals surface area contributed by atoms with Gasteiger partial charge in [-0.25, -0.2) is 4.39 Å². The second-order valence-electron chi connectivity index (χ2n) is 4.74. The highest BCUT2D eigenvalue weighted by Crippen LogP contribution is 2.25. The van der Waals surface area contributed by atoms with Gasteiger partial charge in [0.25, 0.3) is 0 Å². The summed E-state index contributed by atoms with van der Waals surface area (Å²) in [5.74, 6) is 0.244. The van der Waals surface area contributed by atoms with Crippen LogP contribution in [0.1, 0.15) is 12.8 Å². The van der Waals surface area contributed by atoms with E-state index in [4.69, 9.17) is 17.3 Å². The molecule has 1 aromatic heterocycles. The Morgan fingerprint density at radius 2 is 1.95 bits per heavy atom. The molecule has 21 heavy (non-hydrogen) atoms. The van der Waals surface area contributed by atoms with E-state index < -0.39 is 5.82 Å². The van der Waals surface area contributed by atoms with E-state index in [0.29, 0.717) is 5.95 Å². The molecule has 3 N–H and O–H groups in total. The van der Waals surface area contributed by atoms with Gasteiger partial charge in [0.15, 0.2) is 5.82 Å². The summed E-state index contributed by atoms with van der Waals surface area (Å²) in [6, 6.07) is 4.66. The van der Waals surface area contributed by atoms with Crippen molar-refractivity contribution in [3.63, 3.8) is 0 Å². The van der Waals surface area contributed by atoms with Crippen molar-refractivity contribution in [2.45, 2.75) is 12.8 Å². The van der Waals surface area contributed by atoms with Gasteiger partial charge in [-0.15, -0.1) is 0 Å². The number of aromatic nitrogens is 3. The lowest BCUT2D eigenvalue weighted by atomic mass is 10.3. The van der Waals surface area contributed by atoms with Crippen molar-refractivity contribution in [2.24, 2.45) is 0 Å². The molecule has 0 atom stereocenters. The van der Waals surface area contributed by atoms with Crippen molar-refractivity contribution in [2.75, 3.05) is 29.0 Å². The van der Waals surface area contributed by atoms with Gasteiger partial charge in [0, 0.05) is 13.1 Å². The third-order valence-corrected chi connectivity index (χ3v) is 3.52. The molecule has 1 aliphatic heterocycles. The van der Waals surface area contributed by atoms with Gasteiger partial charge in [-0.1, -0.05) is 17.7 Å². The lowest BCUT2D eigenvalue weighted by molar-refractivity contribution is 0.632. The molecule has 1 fully saturated rings. The number of benzene rings is 1. The second-order valence-corrected chi connectivity index (χ2v) is 5.14. The number of nitrogen functional groups attached to an aromatic ring is 1. The molecule has 0 unspecified atom stereocenters. The minimum atomic E-state index is -0.555. The maximum Gasteiger partial charge on any atom is 0.233 e. The monoisotopic (exact) mass is 308 g/mol. The van der Waals surface area contributed by atoms with Crippen LogP contribution in [0.4, 0.5) is 27.9 Å². The Morgan fingerprint density at radius 3 is 2.71 bits per heavy atom. The average Bonchev–Trinajstić information content (AvgIpc) is 2.97. The fourth-order valence-electron chi connectivity index (χ4n) is 2.22. The summed E-state index contributed by atoms with van der Waals surface area (Å²) < 4.78 is 13.9. The molecule has 0 spiro atoms. The molecule has 8 heteroatoms. The molecule has 0 saturated carbocycles. The van der Waals surface area contributed by atoms with Crippen LogP contribution >= 0.6 is 11.6 Å². The van der Waals surface area contributed by atoms with Gasteiger partial charge in [-0.05, 0) is 25.0 Å². The zero-order chi connectivity index (χ0) is 14.8. The van der Waals surface area contributed by atoms with Gasteiger partial charge < -0.3 is 16.0 Å². The summed E-state index contributed by atoms with van der Waals surface area (Å²) in [4.78, 5) is 14.4. The van der Waals surface area contributed by atoms with Crippen LogP contribution in [0.5, 0.6) is 0 Å². The highest BCUT2D eigenvalue weighted by atomic mass is 35.5. The lowest BCUT2D eigenvalue weighted by Crippen LogP contribution is -2.22. The summed E-state index contributed by atoms with van der Waals surface area (Å²) >= 11 is 5.75. The molecular weight excluding hydrogens is 295 g/mol. The van der Waals surface area contributed by atoms with E-state index in [-0.39, 0.29) is 22.6 Å². The molecule has 0 amide bonds. The summed E-state index contributed by atoms with van der Waals surface area (Å²) in [6.07, 6.45) is 2.19. The van der Waals surface area contributed by atoms with Gasteiger partial charge in [0.1, 0.15) is 0 Å². The van der Waals surface area contributed by atoms with Crippen LogP contribution in [0.2, 0.25) is 5.02 Å². The molecule has 1 saturated heterocycles. The maximum absolute atomic E-state index is 13.9. The summed E-state index contributed by atoms with van der Waals surface area (Å²) in [5, 5.41) is 2.82. The first-order chi connectivity index (χ1) is 10.1. The average molecular weight is 309 g/mol. The minimum absolute atomic E-state index is 0.0294. The largest absolute Gasteiger partial charge is 0.368 e. The molecule has 6 nitrogen and oxygen atoms in total. The van der Waals surface area contributed by atoms with Crippen LogP contribution in [0.25, 0.3) is 0 Å². The van der Waals surface area contributed by atoms with E-state index in [0.717, 1.165) is 25.9 Å². The molecule has 0 aliphatic carbocycles. The van der Waals surface area contributed by atoms with Crippen molar-refractivity contribution in [3.05, 3.63) is 29.0 Å². The Bertz CT molecular complexity index is 659. The smallest absolute Gasteiger partial charge is 0.233 e. The quantitative estimate of drug-likeness (QED) is 0.907. The fraction of sp³-hybridized carbons (Fsp3) is 0.308. The summed E-state index contributed by atoms with van der Waals surface area (Å²) in [6.45, 7) is 1.77. The van der Waals surface area contributed by atoms with E-state index in [1.165, 1.54) is 6.07 Å². The van der Waals surface area contributed by atoms with Gasteiger partial charge in [-0.3, -0.25) is 0 Å². The van der Waals surface area contributed by atoms with E-state index in [9.17, 15) is 4.39 Å². The van der Waals surface area contributed by atoms with Crippen molar-refractivity contribution < 1.29 is 4.39 Å².